The third-order valence-corrected chi connectivity index (χ3v) is 4.34. The van der Waals surface area contributed by atoms with E-state index in [1.165, 1.54) is 30.5 Å². The number of pyridine rings is 1. The summed E-state index contributed by atoms with van der Waals surface area (Å²) in [7, 11) is -3.90. The molecule has 0 aliphatic carbocycles. The molecule has 0 radical (unpaired) electrons. The van der Waals surface area contributed by atoms with Crippen LogP contribution >= 0.6 is 11.6 Å². The molecule has 0 aliphatic rings. The van der Waals surface area contributed by atoms with Gasteiger partial charge in [0.15, 0.2) is 5.69 Å². The van der Waals surface area contributed by atoms with E-state index in [1.54, 1.807) is 6.07 Å². The highest BCUT2D eigenvalue weighted by atomic mass is 35.5. The number of rotatable bonds is 4. The zero-order valence-corrected chi connectivity index (χ0v) is 12.1. The van der Waals surface area contributed by atoms with Crippen molar-refractivity contribution < 1.29 is 12.8 Å². The molecule has 0 atom stereocenters. The van der Waals surface area contributed by atoms with E-state index in [1.807, 2.05) is 0 Å². The van der Waals surface area contributed by atoms with Crippen molar-refractivity contribution in [3.8, 4) is 6.07 Å². The second-order valence-corrected chi connectivity index (χ2v) is 6.18. The maximum absolute atomic E-state index is 13.0. The van der Waals surface area contributed by atoms with Crippen LogP contribution < -0.4 is 4.72 Å². The first-order valence-electron chi connectivity index (χ1n) is 5.73. The van der Waals surface area contributed by atoms with Gasteiger partial charge in [-0.2, -0.15) is 5.26 Å². The molecule has 0 spiro atoms. The fourth-order valence-corrected chi connectivity index (χ4v) is 2.92. The Morgan fingerprint density at radius 2 is 2.14 bits per heavy atom. The first-order valence-corrected chi connectivity index (χ1v) is 7.59. The number of nitrogens with one attached hydrogen (secondary N) is 1. The largest absolute Gasteiger partial charge is 0.244 e. The van der Waals surface area contributed by atoms with Crippen LogP contribution in [0.15, 0.2) is 41.4 Å². The summed E-state index contributed by atoms with van der Waals surface area (Å²) >= 11 is 5.62. The Morgan fingerprint density at radius 3 is 2.81 bits per heavy atom. The molecule has 8 heteroatoms. The molecule has 0 aliphatic heterocycles. The lowest BCUT2D eigenvalue weighted by Crippen LogP contribution is -2.24. The second-order valence-electron chi connectivity index (χ2n) is 4.03. The average molecular weight is 326 g/mol. The second kappa shape index (κ2) is 6.18. The van der Waals surface area contributed by atoms with Crippen LogP contribution in [0.1, 0.15) is 11.3 Å². The SMILES string of the molecule is N#Cc1ncccc1S(=O)(=O)NCc1ccc(F)c(Cl)c1. The smallest absolute Gasteiger partial charge is 0.243 e. The minimum absolute atomic E-state index is 0.0813. The fraction of sp³-hybridized carbons (Fsp3) is 0.0769. The van der Waals surface area contributed by atoms with Gasteiger partial charge in [0.05, 0.1) is 5.02 Å². The van der Waals surface area contributed by atoms with Crippen LogP contribution in [0.5, 0.6) is 0 Å². The van der Waals surface area contributed by atoms with Crippen LogP contribution in [0.25, 0.3) is 0 Å². The minimum atomic E-state index is -3.90. The first-order chi connectivity index (χ1) is 9.94. The Kier molecular flexibility index (Phi) is 4.53. The zero-order valence-electron chi connectivity index (χ0n) is 10.5. The van der Waals surface area contributed by atoms with Gasteiger partial charge in [0.25, 0.3) is 0 Å². The highest BCUT2D eigenvalue weighted by Crippen LogP contribution is 2.17. The molecule has 1 heterocycles. The third kappa shape index (κ3) is 3.55. The molecule has 5 nitrogen and oxygen atoms in total. The van der Waals surface area contributed by atoms with E-state index in [9.17, 15) is 12.8 Å². The van der Waals surface area contributed by atoms with Gasteiger partial charge < -0.3 is 0 Å². The van der Waals surface area contributed by atoms with E-state index >= 15 is 0 Å². The molecule has 0 unspecified atom stereocenters. The topological polar surface area (TPSA) is 82.8 Å². The number of halogens is 2. The molecule has 0 bridgehead atoms. The van der Waals surface area contributed by atoms with Crippen molar-refractivity contribution in [3.63, 3.8) is 0 Å². The van der Waals surface area contributed by atoms with E-state index in [0.717, 1.165) is 6.07 Å². The van der Waals surface area contributed by atoms with E-state index in [0.29, 0.717) is 5.56 Å². The summed E-state index contributed by atoms with van der Waals surface area (Å²) in [5.74, 6) is -0.581. The monoisotopic (exact) mass is 325 g/mol. The van der Waals surface area contributed by atoms with Crippen LogP contribution in [0.3, 0.4) is 0 Å². The summed E-state index contributed by atoms with van der Waals surface area (Å²) in [6.45, 7) is -0.0813. The Morgan fingerprint density at radius 1 is 1.38 bits per heavy atom. The van der Waals surface area contributed by atoms with Gasteiger partial charge in [-0.25, -0.2) is 22.5 Å². The quantitative estimate of drug-likeness (QED) is 0.934. The molecule has 0 fully saturated rings. The van der Waals surface area contributed by atoms with E-state index in [-0.39, 0.29) is 22.2 Å². The van der Waals surface area contributed by atoms with Crippen molar-refractivity contribution in [2.45, 2.75) is 11.4 Å². The van der Waals surface area contributed by atoms with Crippen LogP contribution in [-0.2, 0) is 16.6 Å². The van der Waals surface area contributed by atoms with E-state index in [4.69, 9.17) is 16.9 Å². The lowest BCUT2D eigenvalue weighted by atomic mass is 10.2. The van der Waals surface area contributed by atoms with Crippen molar-refractivity contribution >= 4 is 21.6 Å². The summed E-state index contributed by atoms with van der Waals surface area (Å²) < 4.78 is 39.6. The molecular weight excluding hydrogens is 317 g/mol. The third-order valence-electron chi connectivity index (χ3n) is 2.62. The Bertz CT molecular complexity index is 818. The average Bonchev–Trinajstić information content (AvgIpc) is 2.48. The van der Waals surface area contributed by atoms with Gasteiger partial charge in [0.1, 0.15) is 16.8 Å². The van der Waals surface area contributed by atoms with E-state index < -0.39 is 15.8 Å². The van der Waals surface area contributed by atoms with Gasteiger partial charge in [-0.15, -0.1) is 0 Å². The normalized spacial score (nSPS) is 11.1. The Balaban J connectivity index is 2.22. The van der Waals surface area contributed by atoms with Crippen molar-refractivity contribution in [2.24, 2.45) is 0 Å². The number of aromatic nitrogens is 1. The molecular formula is C13H9ClFN3O2S. The molecule has 2 rings (SSSR count). The molecule has 21 heavy (non-hydrogen) atoms. The number of nitrogens with zero attached hydrogens (tertiary/aromatic N) is 2. The number of hydrogen-bond donors (Lipinski definition) is 1. The molecule has 1 N–H and O–H groups in total. The summed E-state index contributed by atoms with van der Waals surface area (Å²) in [4.78, 5) is 3.49. The minimum Gasteiger partial charge on any atom is -0.244 e. The number of benzene rings is 1. The predicted octanol–water partition coefficient (Wildman–Crippen LogP) is 2.22. The summed E-state index contributed by atoms with van der Waals surface area (Å²) in [6.07, 6.45) is 1.33. The van der Waals surface area contributed by atoms with Gasteiger partial charge in [-0.3, -0.25) is 0 Å². The molecule has 0 saturated carbocycles. The maximum atomic E-state index is 13.0. The van der Waals surface area contributed by atoms with Crippen molar-refractivity contribution in [3.05, 3.63) is 58.6 Å². The molecule has 0 saturated heterocycles. The lowest BCUT2D eigenvalue weighted by Gasteiger charge is -2.08. The number of hydrogen-bond acceptors (Lipinski definition) is 4. The fourth-order valence-electron chi connectivity index (χ4n) is 1.60. The standard InChI is InChI=1S/C13H9ClFN3O2S/c14-10-6-9(3-4-11(10)15)8-18-21(19,20)13-2-1-5-17-12(13)7-16/h1-6,18H,8H2. The highest BCUT2D eigenvalue weighted by Gasteiger charge is 2.19. The van der Waals surface area contributed by atoms with Gasteiger partial charge in [0.2, 0.25) is 10.0 Å². The zero-order chi connectivity index (χ0) is 15.5. The maximum Gasteiger partial charge on any atom is 0.243 e. The van der Waals surface area contributed by atoms with E-state index in [2.05, 4.69) is 9.71 Å². The van der Waals surface area contributed by atoms with Crippen molar-refractivity contribution in [1.82, 2.24) is 9.71 Å². The van der Waals surface area contributed by atoms with Gasteiger partial charge in [-0.05, 0) is 29.8 Å². The number of sulfonamides is 1. The van der Waals surface area contributed by atoms with Gasteiger partial charge in [-0.1, -0.05) is 17.7 Å². The Labute approximate surface area is 126 Å². The summed E-state index contributed by atoms with van der Waals surface area (Å²) in [5, 5.41) is 8.78. The summed E-state index contributed by atoms with van der Waals surface area (Å²) in [5.41, 5.74) is 0.300. The highest BCUT2D eigenvalue weighted by molar-refractivity contribution is 7.89. The Hall–Kier alpha value is -2.01. The summed E-state index contributed by atoms with van der Waals surface area (Å²) in [6, 6.07) is 8.31. The molecule has 108 valence electrons. The molecule has 2 aromatic rings. The first kappa shape index (κ1) is 15.4. The van der Waals surface area contributed by atoms with Gasteiger partial charge in [0, 0.05) is 12.7 Å². The van der Waals surface area contributed by atoms with Crippen molar-refractivity contribution in [2.75, 3.05) is 0 Å². The van der Waals surface area contributed by atoms with Crippen molar-refractivity contribution in [1.29, 1.82) is 5.26 Å². The van der Waals surface area contributed by atoms with Crippen LogP contribution in [0, 0.1) is 17.1 Å². The lowest BCUT2D eigenvalue weighted by molar-refractivity contribution is 0.580. The van der Waals surface area contributed by atoms with Crippen LogP contribution in [0.4, 0.5) is 4.39 Å². The molecule has 1 aromatic heterocycles. The van der Waals surface area contributed by atoms with Gasteiger partial charge >= 0.3 is 0 Å². The van der Waals surface area contributed by atoms with Crippen LogP contribution in [-0.4, -0.2) is 13.4 Å². The molecule has 1 aromatic carbocycles. The predicted molar refractivity (Wildman–Crippen MR) is 74.4 cm³/mol. The molecule has 0 amide bonds. The number of nitriles is 1. The van der Waals surface area contributed by atoms with Crippen LogP contribution in [0.2, 0.25) is 5.02 Å².